The summed E-state index contributed by atoms with van der Waals surface area (Å²) in [7, 11) is -2.23. The van der Waals surface area contributed by atoms with Crippen molar-refractivity contribution in [1.82, 2.24) is 15.4 Å². The molecular weight excluding hydrogens is 537 g/mol. The molecule has 0 saturated carbocycles. The maximum absolute atomic E-state index is 12.3. The third-order valence-electron chi connectivity index (χ3n) is 4.48. The summed E-state index contributed by atoms with van der Waals surface area (Å²) in [6, 6.07) is 12.8. The molecule has 0 bridgehead atoms. The number of guanidine groups is 1. The van der Waals surface area contributed by atoms with E-state index in [9.17, 15) is 18.5 Å². The van der Waals surface area contributed by atoms with Crippen LogP contribution in [0.1, 0.15) is 5.56 Å². The van der Waals surface area contributed by atoms with E-state index in [0.717, 1.165) is 18.2 Å². The molecule has 0 aromatic heterocycles. The lowest BCUT2D eigenvalue weighted by Gasteiger charge is -2.15. The second-order valence-electron chi connectivity index (χ2n) is 6.58. The molecule has 3 rings (SSSR count). The molecule has 168 valence electrons. The van der Waals surface area contributed by atoms with Gasteiger partial charge in [0.05, 0.1) is 16.4 Å². The number of non-ortho nitro benzene ring substituents is 1. The van der Waals surface area contributed by atoms with E-state index in [0.29, 0.717) is 12.5 Å². The lowest BCUT2D eigenvalue weighted by Crippen LogP contribution is -2.44. The minimum atomic E-state index is -3.85. The Labute approximate surface area is 197 Å². The lowest BCUT2D eigenvalue weighted by atomic mass is 10.1. The van der Waals surface area contributed by atoms with Crippen LogP contribution in [-0.4, -0.2) is 52.1 Å². The van der Waals surface area contributed by atoms with Gasteiger partial charge >= 0.3 is 0 Å². The first kappa shape index (κ1) is 24.8. The second kappa shape index (κ2) is 11.2. The van der Waals surface area contributed by atoms with Gasteiger partial charge < -0.3 is 15.4 Å². The quantitative estimate of drug-likeness (QED) is 0.111. The van der Waals surface area contributed by atoms with Crippen LogP contribution < -0.4 is 20.1 Å². The molecule has 0 fully saturated rings. The molecule has 10 nitrogen and oxygen atoms in total. The first-order valence-electron chi connectivity index (χ1n) is 9.32. The summed E-state index contributed by atoms with van der Waals surface area (Å²) in [6.45, 7) is 0.907. The Morgan fingerprint density at radius 1 is 1.19 bits per heavy atom. The standard InChI is InChI=1S/C19H23N5O5S.HI/c1-20-19(22-13-16-11-14-5-2-3-8-18(14)29-16)21-9-10-23-30(27,28)17-7-4-6-15(12-17)24(25)26;/h2-8,12,16,23H,9-11,13H2,1H3,(H2,20,21,22);1H. The highest BCUT2D eigenvalue weighted by Gasteiger charge is 2.22. The van der Waals surface area contributed by atoms with E-state index < -0.39 is 14.9 Å². The fourth-order valence-corrected chi connectivity index (χ4v) is 4.08. The predicted octanol–water partition coefficient (Wildman–Crippen LogP) is 1.66. The van der Waals surface area contributed by atoms with Crippen molar-refractivity contribution in [2.24, 2.45) is 4.99 Å². The number of para-hydroxylation sites is 1. The monoisotopic (exact) mass is 561 g/mol. The van der Waals surface area contributed by atoms with Gasteiger partial charge in [-0.05, 0) is 17.7 Å². The maximum Gasteiger partial charge on any atom is 0.270 e. The first-order chi connectivity index (χ1) is 14.4. The van der Waals surface area contributed by atoms with Crippen molar-refractivity contribution in [2.45, 2.75) is 17.4 Å². The molecule has 0 radical (unpaired) electrons. The van der Waals surface area contributed by atoms with E-state index in [1.807, 2.05) is 24.3 Å². The largest absolute Gasteiger partial charge is 0.488 e. The zero-order valence-electron chi connectivity index (χ0n) is 16.8. The van der Waals surface area contributed by atoms with E-state index in [-0.39, 0.29) is 53.8 Å². The lowest BCUT2D eigenvalue weighted by molar-refractivity contribution is -0.385. The molecule has 2 aromatic carbocycles. The Hall–Kier alpha value is -2.45. The van der Waals surface area contributed by atoms with E-state index in [1.165, 1.54) is 23.8 Å². The molecule has 12 heteroatoms. The summed E-state index contributed by atoms with van der Waals surface area (Å²) >= 11 is 0. The number of halogens is 1. The average Bonchev–Trinajstić information content (AvgIpc) is 3.16. The van der Waals surface area contributed by atoms with Crippen molar-refractivity contribution in [3.63, 3.8) is 0 Å². The van der Waals surface area contributed by atoms with Gasteiger partial charge in [-0.3, -0.25) is 15.1 Å². The van der Waals surface area contributed by atoms with Crippen molar-refractivity contribution >= 4 is 45.6 Å². The van der Waals surface area contributed by atoms with Crippen molar-refractivity contribution in [3.8, 4) is 5.75 Å². The van der Waals surface area contributed by atoms with Crippen LogP contribution in [0.3, 0.4) is 0 Å². The van der Waals surface area contributed by atoms with Gasteiger partial charge in [0, 0.05) is 38.7 Å². The number of sulfonamides is 1. The maximum atomic E-state index is 12.3. The van der Waals surface area contributed by atoms with Crippen LogP contribution in [0.25, 0.3) is 0 Å². The summed E-state index contributed by atoms with van der Waals surface area (Å²) in [5.74, 6) is 1.41. The summed E-state index contributed by atoms with van der Waals surface area (Å²) in [5, 5.41) is 17.0. The Bertz CT molecular complexity index is 1020. The van der Waals surface area contributed by atoms with Gasteiger partial charge in [0.1, 0.15) is 11.9 Å². The Morgan fingerprint density at radius 3 is 2.68 bits per heavy atom. The van der Waals surface area contributed by atoms with Crippen molar-refractivity contribution in [1.29, 1.82) is 0 Å². The highest BCUT2D eigenvalue weighted by atomic mass is 127. The van der Waals surface area contributed by atoms with Crippen LogP contribution in [0.4, 0.5) is 5.69 Å². The average molecular weight is 561 g/mol. The number of fused-ring (bicyclic) bond motifs is 1. The van der Waals surface area contributed by atoms with Gasteiger partial charge in [0.2, 0.25) is 10.0 Å². The molecule has 1 unspecified atom stereocenters. The minimum Gasteiger partial charge on any atom is -0.488 e. The van der Waals surface area contributed by atoms with Gasteiger partial charge in [0.25, 0.3) is 5.69 Å². The first-order valence-corrected chi connectivity index (χ1v) is 10.8. The Balaban J connectivity index is 0.00000341. The van der Waals surface area contributed by atoms with Crippen LogP contribution in [0.5, 0.6) is 5.75 Å². The van der Waals surface area contributed by atoms with Crippen LogP contribution in [0.15, 0.2) is 58.4 Å². The number of rotatable bonds is 8. The minimum absolute atomic E-state index is 0. The molecule has 0 aliphatic carbocycles. The van der Waals surface area contributed by atoms with Crippen LogP contribution >= 0.6 is 24.0 Å². The number of nitrogens with zero attached hydrogens (tertiary/aromatic N) is 2. The van der Waals surface area contributed by atoms with Crippen LogP contribution in [0.2, 0.25) is 0 Å². The van der Waals surface area contributed by atoms with Gasteiger partial charge in [-0.25, -0.2) is 13.1 Å². The summed E-state index contributed by atoms with van der Waals surface area (Å²) in [5.41, 5.74) is 0.889. The number of ether oxygens (including phenoxy) is 1. The number of hydrogen-bond donors (Lipinski definition) is 3. The molecule has 0 saturated heterocycles. The molecule has 1 heterocycles. The van der Waals surface area contributed by atoms with Crippen molar-refractivity contribution in [2.75, 3.05) is 26.7 Å². The molecule has 1 atom stereocenters. The molecule has 1 aliphatic heterocycles. The number of benzene rings is 2. The number of hydrogen-bond acceptors (Lipinski definition) is 6. The highest BCUT2D eigenvalue weighted by Crippen LogP contribution is 2.27. The normalized spacial score (nSPS) is 15.4. The summed E-state index contributed by atoms with van der Waals surface area (Å²) in [6.07, 6.45) is 0.803. The van der Waals surface area contributed by atoms with E-state index in [1.54, 1.807) is 7.05 Å². The molecular formula is C19H24IN5O5S. The third kappa shape index (κ3) is 6.77. The molecule has 2 aromatic rings. The SMILES string of the molecule is CN=C(NCCNS(=O)(=O)c1cccc([N+](=O)[O-])c1)NCC1Cc2ccccc2O1.I. The number of nitro benzene ring substituents is 1. The van der Waals surface area contributed by atoms with E-state index >= 15 is 0 Å². The third-order valence-corrected chi connectivity index (χ3v) is 5.94. The highest BCUT2D eigenvalue weighted by molar-refractivity contribution is 14.0. The molecule has 0 amide bonds. The van der Waals surface area contributed by atoms with Crippen molar-refractivity contribution < 1.29 is 18.1 Å². The number of nitrogens with one attached hydrogen (secondary N) is 3. The number of aliphatic imine (C=N–C) groups is 1. The second-order valence-corrected chi connectivity index (χ2v) is 8.35. The van der Waals surface area contributed by atoms with E-state index in [2.05, 4.69) is 20.3 Å². The van der Waals surface area contributed by atoms with Crippen molar-refractivity contribution in [3.05, 3.63) is 64.2 Å². The molecule has 0 spiro atoms. The van der Waals surface area contributed by atoms with E-state index in [4.69, 9.17) is 4.74 Å². The van der Waals surface area contributed by atoms with Gasteiger partial charge in [-0.15, -0.1) is 24.0 Å². The smallest absolute Gasteiger partial charge is 0.270 e. The van der Waals surface area contributed by atoms with Crippen LogP contribution in [-0.2, 0) is 16.4 Å². The van der Waals surface area contributed by atoms with Gasteiger partial charge in [-0.2, -0.15) is 0 Å². The molecule has 3 N–H and O–H groups in total. The fraction of sp³-hybridized carbons (Fsp3) is 0.316. The summed E-state index contributed by atoms with van der Waals surface area (Å²) < 4.78 is 32.9. The van der Waals surface area contributed by atoms with Gasteiger partial charge in [-0.1, -0.05) is 24.3 Å². The predicted molar refractivity (Wildman–Crippen MR) is 128 cm³/mol. The zero-order chi connectivity index (χ0) is 21.6. The zero-order valence-corrected chi connectivity index (χ0v) is 19.9. The summed E-state index contributed by atoms with van der Waals surface area (Å²) in [4.78, 5) is 14.1. The van der Waals surface area contributed by atoms with Gasteiger partial charge in [0.15, 0.2) is 5.96 Å². The number of nitro groups is 1. The Morgan fingerprint density at radius 2 is 1.97 bits per heavy atom. The molecule has 31 heavy (non-hydrogen) atoms. The topological polar surface area (TPSA) is 135 Å². The molecule has 1 aliphatic rings. The van der Waals surface area contributed by atoms with Crippen LogP contribution in [0, 0.1) is 10.1 Å². The Kier molecular flexibility index (Phi) is 9.00. The fourth-order valence-electron chi connectivity index (χ4n) is 3.01.